The Kier molecular flexibility index (Phi) is 7.08. The maximum Gasteiger partial charge on any atom is 0.416 e. The summed E-state index contributed by atoms with van der Waals surface area (Å²) in [6.07, 6.45) is 5.22. The van der Waals surface area contributed by atoms with E-state index in [0.717, 1.165) is 55.2 Å². The molecule has 1 atom stereocenters. The smallest absolute Gasteiger partial charge is 0.416 e. The Hall–Kier alpha value is -3.47. The number of alkyl halides is 3. The van der Waals surface area contributed by atoms with E-state index in [-0.39, 0.29) is 17.5 Å². The third kappa shape index (κ3) is 5.41. The summed E-state index contributed by atoms with van der Waals surface area (Å²) < 4.78 is 39.9. The van der Waals surface area contributed by atoms with Gasteiger partial charge in [-0.25, -0.2) is 0 Å². The summed E-state index contributed by atoms with van der Waals surface area (Å²) in [5.41, 5.74) is -0.821. The van der Waals surface area contributed by atoms with E-state index in [0.29, 0.717) is 5.56 Å². The second-order valence-corrected chi connectivity index (χ2v) is 7.71. The highest BCUT2D eigenvalue weighted by molar-refractivity contribution is 6.09. The zero-order valence-corrected chi connectivity index (χ0v) is 17.2. The largest absolute Gasteiger partial charge is 0.508 e. The van der Waals surface area contributed by atoms with Gasteiger partial charge in [0.1, 0.15) is 11.8 Å². The molecule has 2 N–H and O–H groups in total. The number of phenols is 1. The van der Waals surface area contributed by atoms with Crippen LogP contribution in [0.4, 0.5) is 18.9 Å². The van der Waals surface area contributed by atoms with Gasteiger partial charge >= 0.3 is 12.1 Å². The van der Waals surface area contributed by atoms with Crippen molar-refractivity contribution in [2.45, 2.75) is 50.4 Å². The van der Waals surface area contributed by atoms with E-state index < -0.39 is 29.6 Å². The lowest BCUT2D eigenvalue weighted by Gasteiger charge is -2.32. The summed E-state index contributed by atoms with van der Waals surface area (Å²) in [6, 6.07) is 8.24. The number of benzene rings is 2. The van der Waals surface area contributed by atoms with Crippen molar-refractivity contribution in [2.75, 3.05) is 4.90 Å². The summed E-state index contributed by atoms with van der Waals surface area (Å²) in [5.74, 6) is 0.348. The fourth-order valence-corrected chi connectivity index (χ4v) is 3.89. The molecule has 168 valence electrons. The van der Waals surface area contributed by atoms with Crippen LogP contribution in [0, 0.1) is 12.3 Å². The molecule has 0 saturated heterocycles. The fourth-order valence-electron chi connectivity index (χ4n) is 3.89. The van der Waals surface area contributed by atoms with Crippen molar-refractivity contribution in [2.24, 2.45) is 0 Å². The highest BCUT2D eigenvalue weighted by atomic mass is 19.4. The Bertz CT molecular complexity index is 1010. The summed E-state index contributed by atoms with van der Waals surface area (Å²) >= 11 is 0. The van der Waals surface area contributed by atoms with Gasteiger partial charge in [0.25, 0.3) is 0 Å². The summed E-state index contributed by atoms with van der Waals surface area (Å²) in [7, 11) is 0. The van der Waals surface area contributed by atoms with Crippen LogP contribution < -0.4 is 10.2 Å². The molecule has 8 heteroatoms. The van der Waals surface area contributed by atoms with Crippen LogP contribution in [-0.4, -0.2) is 23.0 Å². The van der Waals surface area contributed by atoms with Crippen molar-refractivity contribution < 1.29 is 27.9 Å². The van der Waals surface area contributed by atoms with E-state index in [1.807, 2.05) is 5.92 Å². The number of halogens is 3. The van der Waals surface area contributed by atoms with Crippen LogP contribution in [0.2, 0.25) is 0 Å². The minimum Gasteiger partial charge on any atom is -0.508 e. The molecule has 1 saturated carbocycles. The number of nitrogens with zero attached hydrogens (tertiary/aromatic N) is 1. The standard InChI is InChI=1S/C24H23F3N2O3/c1-2-21(31)29(19-10-6-7-17(15-19)24(25,26)27)22(16-11-13-20(30)14-12-16)23(32)28-18-8-4-3-5-9-18/h1,6-7,10-15,18,22,30H,3-5,8-9H2,(H,28,32). The van der Waals surface area contributed by atoms with Crippen LogP contribution in [0.1, 0.15) is 49.3 Å². The van der Waals surface area contributed by atoms with Gasteiger partial charge in [-0.2, -0.15) is 13.2 Å². The molecule has 0 bridgehead atoms. The van der Waals surface area contributed by atoms with Gasteiger partial charge in [-0.15, -0.1) is 6.42 Å². The van der Waals surface area contributed by atoms with Crippen molar-refractivity contribution in [1.82, 2.24) is 5.32 Å². The number of carbonyl (C=O) groups excluding carboxylic acids is 2. The molecule has 2 aromatic carbocycles. The Labute approximate surface area is 184 Å². The lowest BCUT2D eigenvalue weighted by molar-refractivity contribution is -0.137. The van der Waals surface area contributed by atoms with Gasteiger partial charge in [0.05, 0.1) is 5.56 Å². The predicted molar refractivity (Wildman–Crippen MR) is 114 cm³/mol. The van der Waals surface area contributed by atoms with Crippen LogP contribution in [0.25, 0.3) is 0 Å². The molecule has 0 aliphatic heterocycles. The number of terminal acetylenes is 1. The molecular weight excluding hydrogens is 421 g/mol. The van der Waals surface area contributed by atoms with Gasteiger partial charge in [-0.3, -0.25) is 14.5 Å². The fraction of sp³-hybridized carbons (Fsp3) is 0.333. The number of nitrogens with one attached hydrogen (secondary N) is 1. The molecule has 0 radical (unpaired) electrons. The average molecular weight is 444 g/mol. The van der Waals surface area contributed by atoms with Crippen LogP contribution in [0.3, 0.4) is 0 Å². The molecule has 0 aromatic heterocycles. The molecule has 1 unspecified atom stereocenters. The Balaban J connectivity index is 2.07. The van der Waals surface area contributed by atoms with Crippen molar-refractivity contribution in [3.8, 4) is 18.1 Å². The Morgan fingerprint density at radius 1 is 1.09 bits per heavy atom. The molecule has 1 aliphatic carbocycles. The van der Waals surface area contributed by atoms with Crippen LogP contribution >= 0.6 is 0 Å². The average Bonchev–Trinajstić information content (AvgIpc) is 2.78. The van der Waals surface area contributed by atoms with Crippen LogP contribution in [0.5, 0.6) is 5.75 Å². The molecule has 0 spiro atoms. The van der Waals surface area contributed by atoms with Gasteiger partial charge in [-0.05, 0) is 54.7 Å². The number of aromatic hydroxyl groups is 1. The monoisotopic (exact) mass is 444 g/mol. The van der Waals surface area contributed by atoms with Crippen molar-refractivity contribution in [3.63, 3.8) is 0 Å². The number of carbonyl (C=O) groups is 2. The summed E-state index contributed by atoms with van der Waals surface area (Å²) in [5, 5.41) is 12.6. The van der Waals surface area contributed by atoms with E-state index in [1.54, 1.807) is 0 Å². The first-order valence-corrected chi connectivity index (χ1v) is 10.3. The molecule has 2 amide bonds. The van der Waals surface area contributed by atoms with Crippen LogP contribution in [-0.2, 0) is 15.8 Å². The van der Waals surface area contributed by atoms with Gasteiger partial charge in [0, 0.05) is 11.7 Å². The second-order valence-electron chi connectivity index (χ2n) is 7.71. The van der Waals surface area contributed by atoms with E-state index in [9.17, 15) is 27.9 Å². The quantitative estimate of drug-likeness (QED) is 0.664. The zero-order valence-electron chi connectivity index (χ0n) is 17.2. The molecular formula is C24H23F3N2O3. The predicted octanol–water partition coefficient (Wildman–Crippen LogP) is 4.57. The number of anilines is 1. The number of amides is 2. The minimum absolute atomic E-state index is 0.0610. The van der Waals surface area contributed by atoms with E-state index in [1.165, 1.54) is 30.3 Å². The number of phenolic OH excluding ortho intramolecular Hbond substituents is 1. The highest BCUT2D eigenvalue weighted by Crippen LogP contribution is 2.35. The number of rotatable bonds is 5. The normalized spacial score (nSPS) is 15.4. The van der Waals surface area contributed by atoms with E-state index >= 15 is 0 Å². The lowest BCUT2D eigenvalue weighted by Crippen LogP contribution is -2.47. The molecule has 0 heterocycles. The lowest BCUT2D eigenvalue weighted by atomic mass is 9.94. The molecule has 32 heavy (non-hydrogen) atoms. The molecule has 1 aliphatic rings. The first-order valence-electron chi connectivity index (χ1n) is 10.3. The molecule has 3 rings (SSSR count). The maximum atomic E-state index is 13.4. The van der Waals surface area contributed by atoms with Gasteiger partial charge in [0.15, 0.2) is 0 Å². The number of hydrogen-bond acceptors (Lipinski definition) is 3. The van der Waals surface area contributed by atoms with E-state index in [2.05, 4.69) is 5.32 Å². The van der Waals surface area contributed by atoms with Crippen LogP contribution in [0.15, 0.2) is 48.5 Å². The molecule has 5 nitrogen and oxygen atoms in total. The zero-order chi connectivity index (χ0) is 23.3. The minimum atomic E-state index is -4.64. The van der Waals surface area contributed by atoms with Gasteiger partial charge < -0.3 is 10.4 Å². The summed E-state index contributed by atoms with van der Waals surface area (Å²) in [6.45, 7) is 0. The first-order chi connectivity index (χ1) is 15.2. The molecule has 1 fully saturated rings. The third-order valence-corrected chi connectivity index (χ3v) is 5.46. The maximum absolute atomic E-state index is 13.4. The second kappa shape index (κ2) is 9.77. The van der Waals surface area contributed by atoms with Gasteiger partial charge in [-0.1, -0.05) is 37.5 Å². The van der Waals surface area contributed by atoms with E-state index in [4.69, 9.17) is 6.42 Å². The number of hydrogen-bond donors (Lipinski definition) is 2. The van der Waals surface area contributed by atoms with Gasteiger partial charge in [0.2, 0.25) is 5.91 Å². The third-order valence-electron chi connectivity index (χ3n) is 5.46. The molecule has 2 aromatic rings. The first kappa shape index (κ1) is 23.2. The van der Waals surface area contributed by atoms with Crippen molar-refractivity contribution >= 4 is 17.5 Å². The Morgan fingerprint density at radius 3 is 2.34 bits per heavy atom. The Morgan fingerprint density at radius 2 is 1.75 bits per heavy atom. The van der Waals surface area contributed by atoms with Crippen molar-refractivity contribution in [3.05, 3.63) is 59.7 Å². The SMILES string of the molecule is C#CC(=O)N(c1cccc(C(F)(F)F)c1)C(C(=O)NC1CCCCC1)c1ccc(O)cc1. The highest BCUT2D eigenvalue weighted by Gasteiger charge is 2.36. The van der Waals surface area contributed by atoms with Crippen molar-refractivity contribution in [1.29, 1.82) is 0 Å². The topological polar surface area (TPSA) is 69.6 Å². The summed E-state index contributed by atoms with van der Waals surface area (Å²) in [4.78, 5) is 27.0.